The summed E-state index contributed by atoms with van der Waals surface area (Å²) in [6, 6.07) is 10.0. The number of hydrogen-bond acceptors (Lipinski definition) is 3. The van der Waals surface area contributed by atoms with Crippen LogP contribution in [0.15, 0.2) is 34.8 Å². The first kappa shape index (κ1) is 14.8. The molecule has 0 aliphatic carbocycles. The molecule has 2 aromatic rings. The molecule has 0 fully saturated rings. The Morgan fingerprint density at radius 3 is 2.90 bits per heavy atom. The topological polar surface area (TPSA) is 40.5 Å². The molecule has 21 heavy (non-hydrogen) atoms. The Morgan fingerprint density at radius 2 is 2.24 bits per heavy atom. The summed E-state index contributed by atoms with van der Waals surface area (Å²) in [6.45, 7) is 4.27. The molecule has 3 nitrogen and oxygen atoms in total. The highest BCUT2D eigenvalue weighted by Gasteiger charge is 2.30. The lowest BCUT2D eigenvalue weighted by Gasteiger charge is -2.32. The third-order valence-electron chi connectivity index (χ3n) is 3.85. The van der Waals surface area contributed by atoms with Gasteiger partial charge in [-0.3, -0.25) is 9.69 Å². The van der Waals surface area contributed by atoms with Crippen molar-refractivity contribution in [3.05, 3.63) is 55.7 Å². The zero-order valence-corrected chi connectivity index (χ0v) is 14.1. The molecule has 0 radical (unpaired) electrons. The Kier molecular flexibility index (Phi) is 4.15. The molecule has 0 spiro atoms. The second-order valence-corrected chi connectivity index (χ2v) is 7.57. The fraction of sp³-hybridized carbons (Fsp3) is 0.312. The van der Waals surface area contributed by atoms with Crippen molar-refractivity contribution in [1.29, 1.82) is 0 Å². The summed E-state index contributed by atoms with van der Waals surface area (Å²) in [6.07, 6.45) is 0. The summed E-state index contributed by atoms with van der Waals surface area (Å²) in [5, 5.41) is 9.49. The maximum absolute atomic E-state index is 11.5. The zero-order valence-electron chi connectivity index (χ0n) is 11.7. The number of benzene rings is 1. The summed E-state index contributed by atoms with van der Waals surface area (Å²) in [7, 11) is 0. The third-order valence-corrected chi connectivity index (χ3v) is 5.97. The van der Waals surface area contributed by atoms with Crippen LogP contribution in [0.25, 0.3) is 0 Å². The van der Waals surface area contributed by atoms with Gasteiger partial charge in [0.25, 0.3) is 0 Å². The van der Waals surface area contributed by atoms with Gasteiger partial charge in [0.15, 0.2) is 0 Å². The molecule has 1 atom stereocenters. The van der Waals surface area contributed by atoms with Gasteiger partial charge in [0.1, 0.15) is 0 Å². The zero-order chi connectivity index (χ0) is 15.0. The number of carbonyl (C=O) groups is 1. The van der Waals surface area contributed by atoms with Gasteiger partial charge in [-0.25, -0.2) is 0 Å². The number of hydrogen-bond donors (Lipinski definition) is 1. The van der Waals surface area contributed by atoms with Crippen LogP contribution in [-0.4, -0.2) is 22.5 Å². The van der Waals surface area contributed by atoms with Gasteiger partial charge >= 0.3 is 5.97 Å². The molecule has 1 aromatic carbocycles. The van der Waals surface area contributed by atoms with E-state index in [1.165, 1.54) is 9.75 Å². The highest BCUT2D eigenvalue weighted by molar-refractivity contribution is 9.10. The summed E-state index contributed by atoms with van der Waals surface area (Å²) >= 11 is 5.30. The van der Waals surface area contributed by atoms with Crippen LogP contribution in [0.4, 0.5) is 0 Å². The number of aryl methyl sites for hydroxylation is 1. The standard InChI is InChI=1S/C16H16BrNO2S/c1-10-15(17)6-12(21-10)8-18-7-11-4-2-3-5-13(11)14(9-18)16(19)20/h2-6,14H,7-9H2,1H3,(H,19,20). The number of thiophene rings is 1. The highest BCUT2D eigenvalue weighted by Crippen LogP contribution is 2.32. The maximum atomic E-state index is 11.5. The highest BCUT2D eigenvalue weighted by atomic mass is 79.9. The van der Waals surface area contributed by atoms with E-state index in [0.717, 1.165) is 28.7 Å². The molecule has 2 heterocycles. The van der Waals surface area contributed by atoms with Crippen molar-refractivity contribution in [3.63, 3.8) is 0 Å². The monoisotopic (exact) mass is 365 g/mol. The van der Waals surface area contributed by atoms with Crippen LogP contribution in [0.2, 0.25) is 0 Å². The van der Waals surface area contributed by atoms with Crippen molar-refractivity contribution >= 4 is 33.2 Å². The summed E-state index contributed by atoms with van der Waals surface area (Å²) in [5.74, 6) is -1.17. The minimum Gasteiger partial charge on any atom is -0.481 e. The molecule has 0 bridgehead atoms. The molecule has 0 saturated heterocycles. The second-order valence-electron chi connectivity index (χ2n) is 5.38. The van der Waals surface area contributed by atoms with Crippen molar-refractivity contribution in [2.24, 2.45) is 0 Å². The maximum Gasteiger partial charge on any atom is 0.312 e. The largest absolute Gasteiger partial charge is 0.481 e. The number of rotatable bonds is 3. The lowest BCUT2D eigenvalue weighted by molar-refractivity contribution is -0.139. The molecule has 3 rings (SSSR count). The minimum atomic E-state index is -0.740. The first-order valence-electron chi connectivity index (χ1n) is 6.82. The average molecular weight is 366 g/mol. The van der Waals surface area contributed by atoms with E-state index >= 15 is 0 Å². The third kappa shape index (κ3) is 3.05. The Labute approximate surface area is 136 Å². The van der Waals surface area contributed by atoms with Crippen molar-refractivity contribution in [2.75, 3.05) is 6.54 Å². The van der Waals surface area contributed by atoms with E-state index < -0.39 is 11.9 Å². The van der Waals surface area contributed by atoms with E-state index in [9.17, 15) is 9.90 Å². The van der Waals surface area contributed by atoms with E-state index in [-0.39, 0.29) is 0 Å². The predicted molar refractivity (Wildman–Crippen MR) is 87.7 cm³/mol. The normalized spacial score (nSPS) is 18.5. The average Bonchev–Trinajstić information content (AvgIpc) is 2.76. The van der Waals surface area contributed by atoms with Crippen molar-refractivity contribution in [1.82, 2.24) is 4.90 Å². The summed E-state index contributed by atoms with van der Waals surface area (Å²) in [5.41, 5.74) is 2.09. The number of fused-ring (bicyclic) bond motifs is 1. The van der Waals surface area contributed by atoms with Crippen LogP contribution in [-0.2, 0) is 17.9 Å². The van der Waals surface area contributed by atoms with E-state index in [4.69, 9.17) is 0 Å². The molecule has 1 aliphatic rings. The molecule has 110 valence electrons. The summed E-state index contributed by atoms with van der Waals surface area (Å²) < 4.78 is 1.13. The predicted octanol–water partition coefficient (Wildman–Crippen LogP) is 4.00. The SMILES string of the molecule is Cc1sc(CN2Cc3ccccc3C(C(=O)O)C2)cc1Br. The van der Waals surface area contributed by atoms with Gasteiger partial charge < -0.3 is 5.11 Å². The summed E-state index contributed by atoms with van der Waals surface area (Å²) in [4.78, 5) is 16.3. The molecule has 0 amide bonds. The number of halogens is 1. The lowest BCUT2D eigenvalue weighted by Crippen LogP contribution is -2.36. The fourth-order valence-corrected chi connectivity index (χ4v) is 4.47. The van der Waals surface area contributed by atoms with Gasteiger partial charge in [-0.15, -0.1) is 11.3 Å². The van der Waals surface area contributed by atoms with Crippen LogP contribution in [0.5, 0.6) is 0 Å². The van der Waals surface area contributed by atoms with Gasteiger partial charge in [0, 0.05) is 33.9 Å². The van der Waals surface area contributed by atoms with Gasteiger partial charge in [-0.1, -0.05) is 24.3 Å². The Hall–Kier alpha value is -1.17. The van der Waals surface area contributed by atoms with Gasteiger partial charge in [0.2, 0.25) is 0 Å². The molecule has 1 unspecified atom stereocenters. The molecule has 1 aliphatic heterocycles. The van der Waals surface area contributed by atoms with Crippen LogP contribution >= 0.6 is 27.3 Å². The smallest absolute Gasteiger partial charge is 0.312 e. The number of nitrogens with zero attached hydrogens (tertiary/aromatic N) is 1. The van der Waals surface area contributed by atoms with Crippen LogP contribution in [0.3, 0.4) is 0 Å². The molecular formula is C16H16BrNO2S. The van der Waals surface area contributed by atoms with Gasteiger partial charge in [0.05, 0.1) is 5.92 Å². The molecule has 5 heteroatoms. The Morgan fingerprint density at radius 1 is 1.48 bits per heavy atom. The van der Waals surface area contributed by atoms with E-state index in [2.05, 4.69) is 33.8 Å². The van der Waals surface area contributed by atoms with Crippen molar-refractivity contribution in [2.45, 2.75) is 25.9 Å². The lowest BCUT2D eigenvalue weighted by atomic mass is 9.90. The van der Waals surface area contributed by atoms with E-state index in [1.807, 2.05) is 24.3 Å². The Balaban J connectivity index is 1.84. The first-order valence-corrected chi connectivity index (χ1v) is 8.43. The van der Waals surface area contributed by atoms with Gasteiger partial charge in [-0.2, -0.15) is 0 Å². The van der Waals surface area contributed by atoms with Crippen molar-refractivity contribution in [3.8, 4) is 0 Å². The fourth-order valence-electron chi connectivity index (χ4n) is 2.83. The molecule has 0 saturated carbocycles. The van der Waals surface area contributed by atoms with Crippen LogP contribution in [0, 0.1) is 6.92 Å². The van der Waals surface area contributed by atoms with Crippen LogP contribution in [0.1, 0.15) is 26.8 Å². The van der Waals surface area contributed by atoms with Crippen LogP contribution < -0.4 is 0 Å². The second kappa shape index (κ2) is 5.91. The number of carboxylic acid groups (broad SMARTS) is 1. The van der Waals surface area contributed by atoms with E-state index in [0.29, 0.717) is 6.54 Å². The molecular weight excluding hydrogens is 350 g/mol. The first-order chi connectivity index (χ1) is 10.0. The minimum absolute atomic E-state index is 0.431. The van der Waals surface area contributed by atoms with Gasteiger partial charge in [-0.05, 0) is 40.0 Å². The van der Waals surface area contributed by atoms with E-state index in [1.54, 1.807) is 11.3 Å². The number of aliphatic carboxylic acids is 1. The molecule has 1 aromatic heterocycles. The molecule has 1 N–H and O–H groups in total. The van der Waals surface area contributed by atoms with Crippen molar-refractivity contribution < 1.29 is 9.90 Å². The number of carboxylic acids is 1. The quantitative estimate of drug-likeness (QED) is 0.893. The Bertz CT molecular complexity index is 663.